The van der Waals surface area contributed by atoms with Crippen LogP contribution in [0.4, 0.5) is 10.1 Å². The molecule has 5 nitrogen and oxygen atoms in total. The largest absolute Gasteiger partial charge is 0.485 e. The summed E-state index contributed by atoms with van der Waals surface area (Å²) in [7, 11) is 0. The van der Waals surface area contributed by atoms with Crippen molar-refractivity contribution in [2.24, 2.45) is 0 Å². The Bertz CT molecular complexity index is 415. The van der Waals surface area contributed by atoms with E-state index in [1.807, 2.05) is 6.92 Å². The number of likely N-dealkylation sites (N-methyl/N-ethyl adjacent to an activating group) is 1. The number of nitro groups is 1. The molecule has 0 heterocycles. The maximum atomic E-state index is 13.1. The van der Waals surface area contributed by atoms with Crippen LogP contribution in [-0.4, -0.2) is 24.6 Å². The van der Waals surface area contributed by atoms with E-state index in [4.69, 9.17) is 16.3 Å². The van der Waals surface area contributed by atoms with Crippen molar-refractivity contribution in [1.29, 1.82) is 0 Å². The standard InChI is InChI=1S/C10H12ClFN2O3/c1-2-13-3-4-17-10-5-7(11)8(12)6-9(10)14(15)16/h5-6,13H,2-4H2,1H3. The van der Waals surface area contributed by atoms with Gasteiger partial charge in [0.15, 0.2) is 5.75 Å². The van der Waals surface area contributed by atoms with Crippen molar-refractivity contribution in [3.63, 3.8) is 0 Å². The third-order valence-electron chi connectivity index (χ3n) is 1.98. The molecule has 0 aromatic heterocycles. The molecular formula is C10H12ClFN2O3. The van der Waals surface area contributed by atoms with Crippen LogP contribution in [0.3, 0.4) is 0 Å². The van der Waals surface area contributed by atoms with E-state index in [0.717, 1.165) is 18.7 Å². The molecule has 1 aromatic rings. The Morgan fingerprint density at radius 2 is 2.29 bits per heavy atom. The molecule has 0 saturated carbocycles. The zero-order valence-corrected chi connectivity index (χ0v) is 9.96. The molecule has 1 N–H and O–H groups in total. The van der Waals surface area contributed by atoms with Crippen LogP contribution in [0.15, 0.2) is 12.1 Å². The summed E-state index contributed by atoms with van der Waals surface area (Å²) in [5.41, 5.74) is -0.427. The van der Waals surface area contributed by atoms with Crippen LogP contribution >= 0.6 is 11.6 Å². The van der Waals surface area contributed by atoms with Gasteiger partial charge in [0.2, 0.25) is 0 Å². The summed E-state index contributed by atoms with van der Waals surface area (Å²) in [6, 6.07) is 1.87. The highest BCUT2D eigenvalue weighted by atomic mass is 35.5. The van der Waals surface area contributed by atoms with Crippen LogP contribution in [-0.2, 0) is 0 Å². The molecule has 1 rings (SSSR count). The Morgan fingerprint density at radius 1 is 1.59 bits per heavy atom. The minimum Gasteiger partial charge on any atom is -0.485 e. The van der Waals surface area contributed by atoms with Gasteiger partial charge in [-0.3, -0.25) is 10.1 Å². The number of nitrogens with zero attached hydrogens (tertiary/aromatic N) is 1. The fourth-order valence-electron chi connectivity index (χ4n) is 1.19. The molecule has 0 bridgehead atoms. The van der Waals surface area contributed by atoms with Crippen LogP contribution in [0.1, 0.15) is 6.92 Å². The van der Waals surface area contributed by atoms with E-state index in [1.165, 1.54) is 0 Å². The highest BCUT2D eigenvalue weighted by Crippen LogP contribution is 2.32. The van der Waals surface area contributed by atoms with Gasteiger partial charge in [0, 0.05) is 12.6 Å². The van der Waals surface area contributed by atoms with Crippen molar-refractivity contribution in [2.45, 2.75) is 6.92 Å². The summed E-state index contributed by atoms with van der Waals surface area (Å²) in [4.78, 5) is 9.97. The van der Waals surface area contributed by atoms with E-state index in [1.54, 1.807) is 0 Å². The fraction of sp³-hybridized carbons (Fsp3) is 0.400. The number of rotatable bonds is 6. The third-order valence-corrected chi connectivity index (χ3v) is 2.27. The SMILES string of the molecule is CCNCCOc1cc(Cl)c(F)cc1[N+](=O)[O-]. The van der Waals surface area contributed by atoms with Crippen molar-refractivity contribution in [3.05, 3.63) is 33.1 Å². The zero-order valence-electron chi connectivity index (χ0n) is 9.20. The van der Waals surface area contributed by atoms with Gasteiger partial charge in [-0.2, -0.15) is 0 Å². The first-order valence-electron chi connectivity index (χ1n) is 5.03. The van der Waals surface area contributed by atoms with E-state index in [0.29, 0.717) is 6.54 Å². The van der Waals surface area contributed by atoms with Gasteiger partial charge in [-0.1, -0.05) is 18.5 Å². The lowest BCUT2D eigenvalue weighted by atomic mass is 10.3. The van der Waals surface area contributed by atoms with Gasteiger partial charge >= 0.3 is 5.69 Å². The monoisotopic (exact) mass is 262 g/mol. The molecule has 0 unspecified atom stereocenters. The summed E-state index contributed by atoms with van der Waals surface area (Å²) in [6.07, 6.45) is 0. The summed E-state index contributed by atoms with van der Waals surface area (Å²) >= 11 is 5.54. The summed E-state index contributed by atoms with van der Waals surface area (Å²) in [5.74, 6) is -0.864. The highest BCUT2D eigenvalue weighted by Gasteiger charge is 2.18. The average Bonchev–Trinajstić information content (AvgIpc) is 2.28. The number of hydrogen-bond donors (Lipinski definition) is 1. The zero-order chi connectivity index (χ0) is 12.8. The summed E-state index contributed by atoms with van der Waals surface area (Å²) in [6.45, 7) is 3.49. The molecule has 0 atom stereocenters. The van der Waals surface area contributed by atoms with Gasteiger partial charge in [-0.15, -0.1) is 0 Å². The highest BCUT2D eigenvalue weighted by molar-refractivity contribution is 6.31. The number of halogens is 2. The molecular weight excluding hydrogens is 251 g/mol. The van der Waals surface area contributed by atoms with Crippen LogP contribution in [0.2, 0.25) is 5.02 Å². The average molecular weight is 263 g/mol. The minimum absolute atomic E-state index is 0.0284. The minimum atomic E-state index is -0.836. The van der Waals surface area contributed by atoms with E-state index >= 15 is 0 Å². The number of hydrogen-bond acceptors (Lipinski definition) is 4. The van der Waals surface area contributed by atoms with E-state index in [2.05, 4.69) is 5.32 Å². The molecule has 17 heavy (non-hydrogen) atoms. The van der Waals surface area contributed by atoms with Gasteiger partial charge in [0.05, 0.1) is 16.0 Å². The van der Waals surface area contributed by atoms with Crippen LogP contribution in [0.5, 0.6) is 5.75 Å². The summed E-state index contributed by atoms with van der Waals surface area (Å²) < 4.78 is 18.2. The van der Waals surface area contributed by atoms with Crippen LogP contribution in [0.25, 0.3) is 0 Å². The Hall–Kier alpha value is -1.40. The van der Waals surface area contributed by atoms with Crippen molar-refractivity contribution in [1.82, 2.24) is 5.32 Å². The smallest absolute Gasteiger partial charge is 0.313 e. The molecule has 7 heteroatoms. The van der Waals surface area contributed by atoms with Gasteiger partial charge in [-0.25, -0.2) is 4.39 Å². The first-order valence-corrected chi connectivity index (χ1v) is 5.41. The molecule has 94 valence electrons. The first kappa shape index (κ1) is 13.7. The lowest BCUT2D eigenvalue weighted by Crippen LogP contribution is -2.20. The maximum absolute atomic E-state index is 13.1. The second-order valence-corrected chi connectivity index (χ2v) is 3.60. The number of benzene rings is 1. The molecule has 0 fully saturated rings. The van der Waals surface area contributed by atoms with E-state index in [-0.39, 0.29) is 17.4 Å². The number of ether oxygens (including phenoxy) is 1. The van der Waals surface area contributed by atoms with Crippen LogP contribution in [0, 0.1) is 15.9 Å². The molecule has 0 radical (unpaired) electrons. The Balaban J connectivity index is 2.81. The fourth-order valence-corrected chi connectivity index (χ4v) is 1.34. The molecule has 1 aromatic carbocycles. The van der Waals surface area contributed by atoms with Crippen molar-refractivity contribution in [3.8, 4) is 5.75 Å². The first-order chi connectivity index (χ1) is 8.06. The second-order valence-electron chi connectivity index (χ2n) is 3.19. The molecule has 0 spiro atoms. The molecule has 0 amide bonds. The van der Waals surface area contributed by atoms with Gasteiger partial charge in [0.25, 0.3) is 0 Å². The molecule has 0 aliphatic rings. The number of nitrogens with one attached hydrogen (secondary N) is 1. The molecule has 0 aliphatic heterocycles. The number of nitro benzene ring substituents is 1. The predicted molar refractivity (Wildman–Crippen MR) is 62.1 cm³/mol. The third kappa shape index (κ3) is 3.83. The maximum Gasteiger partial charge on any atom is 0.313 e. The lowest BCUT2D eigenvalue weighted by Gasteiger charge is -2.07. The normalized spacial score (nSPS) is 10.3. The van der Waals surface area contributed by atoms with Gasteiger partial charge in [0.1, 0.15) is 12.4 Å². The van der Waals surface area contributed by atoms with Crippen molar-refractivity contribution < 1.29 is 14.1 Å². The Morgan fingerprint density at radius 3 is 2.88 bits per heavy atom. The quantitative estimate of drug-likeness (QED) is 0.486. The predicted octanol–water partition coefficient (Wildman–Crippen LogP) is 2.38. The van der Waals surface area contributed by atoms with E-state index in [9.17, 15) is 14.5 Å². The summed E-state index contributed by atoms with van der Waals surface area (Å²) in [5, 5.41) is 13.5. The Kier molecular flexibility index (Phi) is 5.11. The van der Waals surface area contributed by atoms with Gasteiger partial charge in [-0.05, 0) is 6.54 Å². The van der Waals surface area contributed by atoms with Gasteiger partial charge < -0.3 is 10.1 Å². The second kappa shape index (κ2) is 6.36. The van der Waals surface area contributed by atoms with Crippen molar-refractivity contribution in [2.75, 3.05) is 19.7 Å². The van der Waals surface area contributed by atoms with Crippen molar-refractivity contribution >= 4 is 17.3 Å². The lowest BCUT2D eigenvalue weighted by molar-refractivity contribution is -0.386. The topological polar surface area (TPSA) is 64.4 Å². The van der Waals surface area contributed by atoms with E-state index < -0.39 is 16.4 Å². The van der Waals surface area contributed by atoms with Crippen LogP contribution < -0.4 is 10.1 Å². The molecule has 0 saturated heterocycles. The Labute approximate surface area is 103 Å². The molecule has 0 aliphatic carbocycles.